The van der Waals surface area contributed by atoms with Crippen molar-refractivity contribution in [1.29, 1.82) is 0 Å². The van der Waals surface area contributed by atoms with Crippen molar-refractivity contribution >= 4 is 87.7 Å². The summed E-state index contributed by atoms with van der Waals surface area (Å²) in [6, 6.07) is 73.3. The molecular formula is C57H36N4O. The highest BCUT2D eigenvalue weighted by molar-refractivity contribution is 6.25. The molecule has 0 amide bonds. The van der Waals surface area contributed by atoms with Crippen LogP contribution >= 0.6 is 0 Å². The van der Waals surface area contributed by atoms with Crippen LogP contribution in [0.2, 0.25) is 0 Å². The molecule has 0 saturated heterocycles. The van der Waals surface area contributed by atoms with Gasteiger partial charge in [0.2, 0.25) is 0 Å². The third-order valence-corrected chi connectivity index (χ3v) is 12.6. The molecule has 13 rings (SSSR count). The van der Waals surface area contributed by atoms with E-state index in [1.165, 1.54) is 27.1 Å². The second-order valence-electron chi connectivity index (χ2n) is 16.1. The molecule has 1 aliphatic rings. The molecule has 12 aromatic rings. The van der Waals surface area contributed by atoms with Gasteiger partial charge in [0.15, 0.2) is 5.84 Å². The summed E-state index contributed by atoms with van der Waals surface area (Å²) in [5.41, 5.74) is 10.2. The lowest BCUT2D eigenvalue weighted by Gasteiger charge is -2.26. The molecule has 1 atom stereocenters. The number of aromatic nitrogens is 1. The highest BCUT2D eigenvalue weighted by Gasteiger charge is 2.28. The fraction of sp³-hybridized carbons (Fsp3) is 0.0175. The normalized spacial score (nSPS) is 14.3. The van der Waals surface area contributed by atoms with E-state index in [1.54, 1.807) is 0 Å². The largest absolute Gasteiger partial charge is 0.455 e. The van der Waals surface area contributed by atoms with Crippen LogP contribution in [0.3, 0.4) is 0 Å². The van der Waals surface area contributed by atoms with Gasteiger partial charge in [-0.25, -0.2) is 9.98 Å². The summed E-state index contributed by atoms with van der Waals surface area (Å²) in [5.74, 6) is 1.41. The van der Waals surface area contributed by atoms with Crippen molar-refractivity contribution in [3.8, 4) is 16.8 Å². The number of fused-ring (bicyclic) bond motifs is 10. The quantitative estimate of drug-likeness (QED) is 0.189. The van der Waals surface area contributed by atoms with E-state index in [2.05, 4.69) is 216 Å². The van der Waals surface area contributed by atoms with Gasteiger partial charge in [-0.3, -0.25) is 0 Å². The zero-order valence-corrected chi connectivity index (χ0v) is 33.5. The lowest BCUT2D eigenvalue weighted by atomic mass is 10.00. The molecule has 5 heteroatoms. The van der Waals surface area contributed by atoms with Gasteiger partial charge in [0, 0.05) is 32.7 Å². The maximum Gasteiger partial charge on any atom is 0.160 e. The van der Waals surface area contributed by atoms with E-state index in [0.29, 0.717) is 5.84 Å². The van der Waals surface area contributed by atoms with E-state index >= 15 is 0 Å². The van der Waals surface area contributed by atoms with Crippen LogP contribution in [-0.2, 0) is 0 Å². The molecular weight excluding hydrogens is 757 g/mol. The molecule has 62 heavy (non-hydrogen) atoms. The lowest BCUT2D eigenvalue weighted by molar-refractivity contribution is 0.671. The number of para-hydroxylation sites is 1. The Kier molecular flexibility index (Phi) is 7.60. The number of rotatable bonds is 5. The fourth-order valence-corrected chi connectivity index (χ4v) is 9.68. The van der Waals surface area contributed by atoms with E-state index in [0.717, 1.165) is 88.3 Å². The van der Waals surface area contributed by atoms with E-state index in [4.69, 9.17) is 14.4 Å². The summed E-state index contributed by atoms with van der Waals surface area (Å²) in [4.78, 5) is 10.9. The number of furan rings is 1. The molecule has 1 N–H and O–H groups in total. The zero-order valence-electron chi connectivity index (χ0n) is 33.5. The average Bonchev–Trinajstić information content (AvgIpc) is 3.89. The molecule has 1 unspecified atom stereocenters. The second-order valence-corrected chi connectivity index (χ2v) is 16.1. The van der Waals surface area contributed by atoms with Crippen LogP contribution in [0.5, 0.6) is 0 Å². The molecule has 1 aliphatic heterocycles. The molecule has 0 aliphatic carbocycles. The molecule has 2 aromatic heterocycles. The van der Waals surface area contributed by atoms with Crippen LogP contribution in [-0.4, -0.2) is 16.2 Å². The topological polar surface area (TPSA) is 54.8 Å². The van der Waals surface area contributed by atoms with Gasteiger partial charge < -0.3 is 14.3 Å². The first kappa shape index (κ1) is 34.6. The Hall–Kier alpha value is -8.28. The molecule has 0 spiro atoms. The van der Waals surface area contributed by atoms with Crippen molar-refractivity contribution < 1.29 is 4.42 Å². The Morgan fingerprint density at radius 2 is 1.11 bits per heavy atom. The highest BCUT2D eigenvalue weighted by atomic mass is 16.3. The van der Waals surface area contributed by atoms with E-state index in [-0.39, 0.29) is 0 Å². The van der Waals surface area contributed by atoms with Crippen LogP contribution in [0.1, 0.15) is 22.9 Å². The number of hydrogen-bond donors (Lipinski definition) is 1. The standard InChI is InChI=1S/C57H36N4O/c1-2-13-35(14-3-1)36-25-27-39(28-26-36)55-58-56(45-23-12-19-37-15-6-8-20-42(37)45)60-57(59-55)47-31-32-51-52(46-30-29-38-16-7-9-21-43(38)54(46)62-51)53(47)61-49-24-11-10-22-44(49)48-33-40-17-4-5-18-41(40)34-50(48)61/h1-34,55H,(H,58,59,60). The number of aliphatic imine (C=N–C) groups is 2. The van der Waals surface area contributed by atoms with E-state index < -0.39 is 6.17 Å². The first-order valence-corrected chi connectivity index (χ1v) is 21.1. The lowest BCUT2D eigenvalue weighted by Crippen LogP contribution is -2.34. The van der Waals surface area contributed by atoms with Gasteiger partial charge in [0.05, 0.1) is 22.1 Å². The van der Waals surface area contributed by atoms with Crippen LogP contribution in [0.25, 0.3) is 92.9 Å². The Morgan fingerprint density at radius 1 is 0.452 bits per heavy atom. The molecule has 5 nitrogen and oxygen atoms in total. The Balaban J connectivity index is 1.11. The molecule has 290 valence electrons. The minimum atomic E-state index is -0.419. The molecule has 0 fully saturated rings. The predicted octanol–water partition coefficient (Wildman–Crippen LogP) is 14.3. The number of nitrogens with zero attached hydrogens (tertiary/aromatic N) is 3. The minimum absolute atomic E-state index is 0.419. The first-order valence-electron chi connectivity index (χ1n) is 21.1. The van der Waals surface area contributed by atoms with Crippen molar-refractivity contribution in [3.05, 3.63) is 223 Å². The first-order chi connectivity index (χ1) is 30.7. The predicted molar refractivity (Wildman–Crippen MR) is 258 cm³/mol. The van der Waals surface area contributed by atoms with Crippen molar-refractivity contribution in [1.82, 2.24) is 9.88 Å². The minimum Gasteiger partial charge on any atom is -0.455 e. The summed E-state index contributed by atoms with van der Waals surface area (Å²) in [7, 11) is 0. The van der Waals surface area contributed by atoms with Crippen LogP contribution in [0.15, 0.2) is 221 Å². The smallest absolute Gasteiger partial charge is 0.160 e. The van der Waals surface area contributed by atoms with Gasteiger partial charge in [0.25, 0.3) is 0 Å². The zero-order chi connectivity index (χ0) is 40.7. The summed E-state index contributed by atoms with van der Waals surface area (Å²) in [6.07, 6.45) is -0.419. The molecule has 10 aromatic carbocycles. The van der Waals surface area contributed by atoms with Crippen molar-refractivity contribution in [2.75, 3.05) is 0 Å². The number of nitrogens with one attached hydrogen (secondary N) is 1. The van der Waals surface area contributed by atoms with E-state index in [9.17, 15) is 0 Å². The number of amidine groups is 2. The Morgan fingerprint density at radius 3 is 1.94 bits per heavy atom. The van der Waals surface area contributed by atoms with Crippen molar-refractivity contribution in [3.63, 3.8) is 0 Å². The van der Waals surface area contributed by atoms with Gasteiger partial charge >= 0.3 is 0 Å². The Bertz CT molecular complexity index is 3830. The van der Waals surface area contributed by atoms with Crippen molar-refractivity contribution in [2.24, 2.45) is 9.98 Å². The van der Waals surface area contributed by atoms with Crippen LogP contribution < -0.4 is 5.32 Å². The number of hydrogen-bond acceptors (Lipinski definition) is 4. The van der Waals surface area contributed by atoms with Crippen LogP contribution in [0, 0.1) is 0 Å². The summed E-state index contributed by atoms with van der Waals surface area (Å²) < 4.78 is 9.36. The molecule has 0 bridgehead atoms. The van der Waals surface area contributed by atoms with Gasteiger partial charge in [-0.15, -0.1) is 0 Å². The third kappa shape index (κ3) is 5.35. The van der Waals surface area contributed by atoms with Crippen molar-refractivity contribution in [2.45, 2.75) is 6.17 Å². The Labute approximate surface area is 356 Å². The summed E-state index contributed by atoms with van der Waals surface area (Å²) >= 11 is 0. The average molecular weight is 793 g/mol. The second kappa shape index (κ2) is 13.6. The van der Waals surface area contributed by atoms with Gasteiger partial charge in [-0.05, 0) is 80.0 Å². The van der Waals surface area contributed by atoms with Gasteiger partial charge in [-0.1, -0.05) is 170 Å². The highest BCUT2D eigenvalue weighted by Crippen LogP contribution is 2.43. The van der Waals surface area contributed by atoms with E-state index in [1.807, 2.05) is 0 Å². The third-order valence-electron chi connectivity index (χ3n) is 12.6. The summed E-state index contributed by atoms with van der Waals surface area (Å²) in [5, 5.41) is 15.2. The number of benzene rings is 10. The molecule has 3 heterocycles. The molecule has 0 radical (unpaired) electrons. The fourth-order valence-electron chi connectivity index (χ4n) is 9.68. The summed E-state index contributed by atoms with van der Waals surface area (Å²) in [6.45, 7) is 0. The maximum absolute atomic E-state index is 6.92. The SMILES string of the molecule is c1ccc(-c2ccc(C3N=C(c4cccc5ccccc45)N=C(c4ccc5oc6c7ccccc7ccc6c5c4-n4c5ccccc5c5cc6ccccc6cc54)N3)cc2)cc1. The molecule has 0 saturated carbocycles. The van der Waals surface area contributed by atoms with Gasteiger partial charge in [-0.2, -0.15) is 0 Å². The van der Waals surface area contributed by atoms with Crippen LogP contribution in [0.4, 0.5) is 0 Å². The maximum atomic E-state index is 6.92. The monoisotopic (exact) mass is 792 g/mol. The van der Waals surface area contributed by atoms with Gasteiger partial charge in [0.1, 0.15) is 23.2 Å².